The van der Waals surface area contributed by atoms with Gasteiger partial charge in [-0.05, 0) is 66.7 Å². The van der Waals surface area contributed by atoms with Crippen LogP contribution in [0, 0.1) is 6.92 Å². The lowest BCUT2D eigenvalue weighted by Crippen LogP contribution is -2.29. The van der Waals surface area contributed by atoms with Gasteiger partial charge >= 0.3 is 0 Å². The van der Waals surface area contributed by atoms with E-state index in [0.29, 0.717) is 10.8 Å². The first-order chi connectivity index (χ1) is 14.2. The number of anilines is 2. The number of pyridine rings is 1. The summed E-state index contributed by atoms with van der Waals surface area (Å²) >= 11 is 5.72. The SMILES string of the molecule is Cc1cc(N2C(=S)N[C@@H](c3ccccn3)[C@@H]2c2ccn(C)c2)ccc1NS(C)(=O)=O. The lowest BCUT2D eigenvalue weighted by Gasteiger charge is -2.28. The molecule has 0 amide bonds. The number of aryl methyl sites for hydroxylation is 2. The van der Waals surface area contributed by atoms with Gasteiger partial charge in [0, 0.05) is 31.3 Å². The topological polar surface area (TPSA) is 79.3 Å². The van der Waals surface area contributed by atoms with Crippen molar-refractivity contribution in [3.05, 3.63) is 77.9 Å². The number of nitrogens with one attached hydrogen (secondary N) is 2. The second-order valence-corrected chi connectivity index (χ2v) is 9.62. The Morgan fingerprint density at radius 2 is 2.00 bits per heavy atom. The van der Waals surface area contributed by atoms with Crippen LogP contribution in [0.3, 0.4) is 0 Å². The Kier molecular flexibility index (Phi) is 5.25. The largest absolute Gasteiger partial charge is 0.357 e. The lowest BCUT2D eigenvalue weighted by molar-refractivity contribution is 0.567. The van der Waals surface area contributed by atoms with Gasteiger partial charge in [0.15, 0.2) is 5.11 Å². The summed E-state index contributed by atoms with van der Waals surface area (Å²) in [4.78, 5) is 6.62. The molecule has 1 aliphatic rings. The number of aromatic nitrogens is 2. The van der Waals surface area contributed by atoms with Gasteiger partial charge in [-0.2, -0.15) is 0 Å². The van der Waals surface area contributed by atoms with Crippen LogP contribution in [0.1, 0.15) is 28.9 Å². The minimum absolute atomic E-state index is 0.0956. The second-order valence-electron chi connectivity index (χ2n) is 7.48. The Bertz CT molecular complexity index is 1190. The smallest absolute Gasteiger partial charge is 0.229 e. The number of hydrogen-bond acceptors (Lipinski definition) is 4. The molecule has 1 saturated heterocycles. The summed E-state index contributed by atoms with van der Waals surface area (Å²) in [5.74, 6) is 0. The minimum Gasteiger partial charge on any atom is -0.357 e. The van der Waals surface area contributed by atoms with Crippen molar-refractivity contribution in [3.63, 3.8) is 0 Å². The Morgan fingerprint density at radius 1 is 1.20 bits per heavy atom. The van der Waals surface area contributed by atoms with E-state index < -0.39 is 10.0 Å². The van der Waals surface area contributed by atoms with Crippen LogP contribution < -0.4 is 14.9 Å². The van der Waals surface area contributed by atoms with Crippen LogP contribution in [0.5, 0.6) is 0 Å². The van der Waals surface area contributed by atoms with Gasteiger partial charge in [0.05, 0.1) is 29.7 Å². The summed E-state index contributed by atoms with van der Waals surface area (Å²) < 4.78 is 27.8. The summed E-state index contributed by atoms with van der Waals surface area (Å²) in [5, 5.41) is 4.02. The van der Waals surface area contributed by atoms with E-state index in [1.54, 1.807) is 12.3 Å². The van der Waals surface area contributed by atoms with Crippen LogP contribution in [0.2, 0.25) is 0 Å². The molecule has 0 aliphatic carbocycles. The first-order valence-corrected chi connectivity index (χ1v) is 11.7. The Morgan fingerprint density at radius 3 is 2.60 bits per heavy atom. The van der Waals surface area contributed by atoms with Crippen molar-refractivity contribution in [1.82, 2.24) is 14.9 Å². The predicted molar refractivity (Wildman–Crippen MR) is 123 cm³/mol. The van der Waals surface area contributed by atoms with E-state index in [1.807, 2.05) is 55.1 Å². The zero-order chi connectivity index (χ0) is 21.5. The van der Waals surface area contributed by atoms with E-state index in [0.717, 1.165) is 28.8 Å². The van der Waals surface area contributed by atoms with Crippen LogP contribution in [0.25, 0.3) is 0 Å². The van der Waals surface area contributed by atoms with Crippen molar-refractivity contribution < 1.29 is 8.42 Å². The molecule has 0 saturated carbocycles. The van der Waals surface area contributed by atoms with Gasteiger partial charge < -0.3 is 14.8 Å². The van der Waals surface area contributed by atoms with Crippen LogP contribution >= 0.6 is 12.2 Å². The van der Waals surface area contributed by atoms with Gasteiger partial charge in [0.25, 0.3) is 0 Å². The zero-order valence-electron chi connectivity index (χ0n) is 16.9. The third-order valence-corrected chi connectivity index (χ3v) is 5.98. The van der Waals surface area contributed by atoms with Crippen molar-refractivity contribution in [3.8, 4) is 0 Å². The highest BCUT2D eigenvalue weighted by Gasteiger charge is 2.41. The molecule has 1 fully saturated rings. The number of nitrogens with zero attached hydrogens (tertiary/aromatic N) is 3. The number of thiocarbonyl (C=S) groups is 1. The summed E-state index contributed by atoms with van der Waals surface area (Å²) in [5.41, 5.74) is 4.27. The van der Waals surface area contributed by atoms with Crippen molar-refractivity contribution in [1.29, 1.82) is 0 Å². The molecule has 0 bridgehead atoms. The van der Waals surface area contributed by atoms with Gasteiger partial charge in [-0.15, -0.1) is 0 Å². The third kappa shape index (κ3) is 4.03. The maximum atomic E-state index is 11.6. The average Bonchev–Trinajstić information content (AvgIpc) is 3.26. The fourth-order valence-electron chi connectivity index (χ4n) is 3.78. The normalized spacial score (nSPS) is 19.0. The molecule has 9 heteroatoms. The van der Waals surface area contributed by atoms with Crippen molar-refractivity contribution in [2.75, 3.05) is 15.9 Å². The predicted octanol–water partition coefficient (Wildman–Crippen LogP) is 3.28. The molecule has 2 atom stereocenters. The number of sulfonamides is 1. The maximum Gasteiger partial charge on any atom is 0.229 e. The van der Waals surface area contributed by atoms with Gasteiger partial charge in [-0.25, -0.2) is 8.42 Å². The Balaban J connectivity index is 1.77. The maximum absolute atomic E-state index is 11.6. The fourth-order valence-corrected chi connectivity index (χ4v) is 4.76. The highest BCUT2D eigenvalue weighted by molar-refractivity contribution is 7.92. The van der Waals surface area contributed by atoms with Crippen molar-refractivity contribution in [2.45, 2.75) is 19.0 Å². The zero-order valence-corrected chi connectivity index (χ0v) is 18.5. The van der Waals surface area contributed by atoms with Crippen molar-refractivity contribution in [2.24, 2.45) is 7.05 Å². The van der Waals surface area contributed by atoms with Crippen LogP contribution in [-0.2, 0) is 17.1 Å². The molecule has 30 heavy (non-hydrogen) atoms. The first kappa shape index (κ1) is 20.4. The van der Waals surface area contributed by atoms with E-state index in [1.165, 1.54) is 0 Å². The number of benzene rings is 1. The molecule has 3 aromatic rings. The lowest BCUT2D eigenvalue weighted by atomic mass is 9.98. The quantitative estimate of drug-likeness (QED) is 0.592. The summed E-state index contributed by atoms with van der Waals surface area (Å²) in [6.07, 6.45) is 7.01. The third-order valence-electron chi connectivity index (χ3n) is 5.08. The highest BCUT2D eigenvalue weighted by atomic mass is 32.2. The van der Waals surface area contributed by atoms with Crippen LogP contribution in [0.4, 0.5) is 11.4 Å². The van der Waals surface area contributed by atoms with E-state index in [-0.39, 0.29) is 12.1 Å². The Hall–Kier alpha value is -2.91. The molecule has 4 rings (SSSR count). The molecular formula is C21H23N5O2S2. The number of rotatable bonds is 5. The molecule has 2 aromatic heterocycles. The monoisotopic (exact) mass is 441 g/mol. The van der Waals surface area contributed by atoms with Gasteiger partial charge in [0.1, 0.15) is 0 Å². The molecule has 7 nitrogen and oxygen atoms in total. The molecule has 0 radical (unpaired) electrons. The molecule has 1 aromatic carbocycles. The van der Waals surface area contributed by atoms with Crippen LogP contribution in [-0.4, -0.2) is 29.3 Å². The summed E-state index contributed by atoms with van der Waals surface area (Å²) in [6, 6.07) is 13.3. The molecular weight excluding hydrogens is 418 g/mol. The van der Waals surface area contributed by atoms with Crippen LogP contribution in [0.15, 0.2) is 61.1 Å². The van der Waals surface area contributed by atoms with E-state index >= 15 is 0 Å². The number of hydrogen-bond donors (Lipinski definition) is 2. The molecule has 0 spiro atoms. The minimum atomic E-state index is -3.35. The molecule has 3 heterocycles. The second kappa shape index (κ2) is 7.73. The Labute approximate surface area is 181 Å². The van der Waals surface area contributed by atoms with Gasteiger partial charge in [0.2, 0.25) is 10.0 Å². The van der Waals surface area contributed by atoms with Gasteiger partial charge in [-0.1, -0.05) is 6.07 Å². The summed E-state index contributed by atoms with van der Waals surface area (Å²) in [7, 11) is -1.36. The molecule has 1 aliphatic heterocycles. The molecule has 156 valence electrons. The van der Waals surface area contributed by atoms with E-state index in [9.17, 15) is 8.42 Å². The average molecular weight is 442 g/mol. The molecule has 0 unspecified atom stereocenters. The standard InChI is InChI=1S/C21H23N5O2S2/c1-14-12-16(7-8-17(14)24-30(3,27)28)26-20(15-9-11-25(2)13-15)19(23-21(26)29)18-6-4-5-10-22-18/h4-13,19-20,24H,1-3H3,(H,23,29)/t19-,20-/m0/s1. The van der Waals surface area contributed by atoms with Gasteiger partial charge in [-0.3, -0.25) is 9.71 Å². The summed E-state index contributed by atoms with van der Waals surface area (Å²) in [6.45, 7) is 1.87. The molecule has 2 N–H and O–H groups in total. The van der Waals surface area contributed by atoms with Crippen molar-refractivity contribution >= 4 is 38.7 Å². The highest BCUT2D eigenvalue weighted by Crippen LogP contribution is 2.42. The van der Waals surface area contributed by atoms with E-state index in [4.69, 9.17) is 12.2 Å². The van der Waals surface area contributed by atoms with E-state index in [2.05, 4.69) is 32.2 Å². The fraction of sp³-hybridized carbons (Fsp3) is 0.238. The first-order valence-electron chi connectivity index (χ1n) is 9.44.